The maximum Gasteiger partial charge on any atom is 0.431 e. The highest BCUT2D eigenvalue weighted by atomic mass is 19.4. The van der Waals surface area contributed by atoms with Gasteiger partial charge in [0.15, 0.2) is 5.82 Å². The number of aromatic nitrogens is 3. The lowest BCUT2D eigenvalue weighted by molar-refractivity contribution is -0.140. The second-order valence-corrected chi connectivity index (χ2v) is 8.17. The molecule has 3 heterocycles. The average Bonchev–Trinajstić information content (AvgIpc) is 3.42. The van der Waals surface area contributed by atoms with Crippen LogP contribution in [0.2, 0.25) is 0 Å². The van der Waals surface area contributed by atoms with Crippen molar-refractivity contribution in [2.24, 2.45) is 4.99 Å². The minimum atomic E-state index is -4.55. The predicted molar refractivity (Wildman–Crippen MR) is 110 cm³/mol. The molecule has 1 saturated carbocycles. The van der Waals surface area contributed by atoms with Gasteiger partial charge in [-0.1, -0.05) is 6.07 Å². The van der Waals surface area contributed by atoms with Gasteiger partial charge in [-0.15, -0.1) is 0 Å². The first-order valence-corrected chi connectivity index (χ1v) is 10.3. The molecule has 1 aromatic carbocycles. The second-order valence-electron chi connectivity index (χ2n) is 8.17. The van der Waals surface area contributed by atoms with E-state index in [4.69, 9.17) is 14.2 Å². The van der Waals surface area contributed by atoms with Crippen LogP contribution in [0.3, 0.4) is 0 Å². The van der Waals surface area contributed by atoms with E-state index in [9.17, 15) is 17.6 Å². The Morgan fingerprint density at radius 3 is 2.82 bits per heavy atom. The van der Waals surface area contributed by atoms with Crippen LogP contribution >= 0.6 is 0 Å². The van der Waals surface area contributed by atoms with Gasteiger partial charge in [0.1, 0.15) is 41.9 Å². The van der Waals surface area contributed by atoms with Gasteiger partial charge >= 0.3 is 6.18 Å². The molecule has 1 fully saturated rings. The molecule has 2 atom stereocenters. The van der Waals surface area contributed by atoms with Crippen LogP contribution in [0.1, 0.15) is 30.0 Å². The van der Waals surface area contributed by atoms with Gasteiger partial charge in [0.25, 0.3) is 0 Å². The summed E-state index contributed by atoms with van der Waals surface area (Å²) in [6.07, 6.45) is -0.517. The fourth-order valence-electron chi connectivity index (χ4n) is 3.85. The number of aliphatic imine (C=N–C) groups is 1. The molecular formula is C22H20F4N4O3. The number of ether oxygens (including phenoxy) is 3. The van der Waals surface area contributed by atoms with Crippen LogP contribution in [0.15, 0.2) is 35.6 Å². The summed E-state index contributed by atoms with van der Waals surface area (Å²) in [6.45, 7) is 0.525. The van der Waals surface area contributed by atoms with Crippen LogP contribution in [-0.4, -0.2) is 53.2 Å². The summed E-state index contributed by atoms with van der Waals surface area (Å²) in [7, 11) is 1.64. The second kappa shape index (κ2) is 8.07. The number of benzene rings is 1. The van der Waals surface area contributed by atoms with Gasteiger partial charge in [-0.3, -0.25) is 0 Å². The lowest BCUT2D eigenvalue weighted by Crippen LogP contribution is -2.37. The van der Waals surface area contributed by atoms with E-state index in [1.807, 2.05) is 0 Å². The van der Waals surface area contributed by atoms with Gasteiger partial charge in [0, 0.05) is 25.0 Å². The van der Waals surface area contributed by atoms with E-state index in [1.165, 1.54) is 12.1 Å². The molecule has 0 bridgehead atoms. The minimum absolute atomic E-state index is 0.0301. The maximum absolute atomic E-state index is 13.7. The number of halogens is 4. The number of methoxy groups -OCH3 is 1. The highest BCUT2D eigenvalue weighted by Gasteiger charge is 2.45. The van der Waals surface area contributed by atoms with Crippen molar-refractivity contribution in [3.05, 3.63) is 47.7 Å². The number of hydrogen-bond donors (Lipinski definition) is 1. The van der Waals surface area contributed by atoms with E-state index < -0.39 is 29.7 Å². The first-order chi connectivity index (χ1) is 15.8. The third-order valence-corrected chi connectivity index (χ3v) is 6.01. The fourth-order valence-corrected chi connectivity index (χ4v) is 3.85. The van der Waals surface area contributed by atoms with Crippen LogP contribution < -0.4 is 4.74 Å². The Morgan fingerprint density at radius 1 is 1.27 bits per heavy atom. The number of nitrogens with one attached hydrogen (secondary N) is 1. The Kier molecular flexibility index (Phi) is 5.32. The molecule has 0 amide bonds. The van der Waals surface area contributed by atoms with Gasteiger partial charge in [-0.25, -0.2) is 19.4 Å². The SMILES string of the molecule is COC1(COC2COc3cc(F)ccc3C2C=Nc2ncnc3[nH]c(C(F)(F)F)cc23)CC1. The van der Waals surface area contributed by atoms with Gasteiger partial charge in [0.05, 0.1) is 23.5 Å². The summed E-state index contributed by atoms with van der Waals surface area (Å²) < 4.78 is 70.4. The number of aromatic amines is 1. The number of nitrogens with zero attached hydrogens (tertiary/aromatic N) is 3. The summed E-state index contributed by atoms with van der Waals surface area (Å²) in [5.41, 5.74) is -0.545. The predicted octanol–water partition coefficient (Wildman–Crippen LogP) is 4.56. The smallest absolute Gasteiger partial charge is 0.431 e. The molecule has 174 valence electrons. The molecule has 5 rings (SSSR count). The topological polar surface area (TPSA) is 81.6 Å². The molecule has 11 heteroatoms. The molecule has 33 heavy (non-hydrogen) atoms. The Labute approximate surface area is 185 Å². The minimum Gasteiger partial charge on any atom is -0.490 e. The van der Waals surface area contributed by atoms with E-state index in [2.05, 4.69) is 19.9 Å². The molecule has 2 aliphatic rings. The number of fused-ring (bicyclic) bond motifs is 2. The normalized spacial score (nSPS) is 21.8. The van der Waals surface area contributed by atoms with Crippen molar-refractivity contribution in [1.29, 1.82) is 0 Å². The zero-order valence-corrected chi connectivity index (χ0v) is 17.5. The third-order valence-electron chi connectivity index (χ3n) is 6.01. The third kappa shape index (κ3) is 4.30. The van der Waals surface area contributed by atoms with E-state index in [1.54, 1.807) is 19.4 Å². The van der Waals surface area contributed by atoms with Crippen LogP contribution in [0.5, 0.6) is 5.75 Å². The molecule has 1 N–H and O–H groups in total. The highest BCUT2D eigenvalue weighted by molar-refractivity contribution is 5.88. The van der Waals surface area contributed by atoms with Crippen molar-refractivity contribution in [2.45, 2.75) is 36.6 Å². The van der Waals surface area contributed by atoms with Crippen molar-refractivity contribution in [3.8, 4) is 5.75 Å². The van der Waals surface area contributed by atoms with Crippen molar-refractivity contribution in [1.82, 2.24) is 15.0 Å². The Balaban J connectivity index is 1.47. The van der Waals surface area contributed by atoms with Crippen LogP contribution in [0, 0.1) is 5.82 Å². The molecule has 2 aromatic heterocycles. The summed E-state index contributed by atoms with van der Waals surface area (Å²) in [6, 6.07) is 5.12. The van der Waals surface area contributed by atoms with Crippen LogP contribution in [0.4, 0.5) is 23.4 Å². The lowest BCUT2D eigenvalue weighted by Gasteiger charge is -2.32. The van der Waals surface area contributed by atoms with E-state index in [0.29, 0.717) is 17.9 Å². The zero-order chi connectivity index (χ0) is 23.2. The summed E-state index contributed by atoms with van der Waals surface area (Å²) in [5.74, 6) is -0.429. The number of alkyl halides is 3. The molecule has 7 nitrogen and oxygen atoms in total. The van der Waals surface area contributed by atoms with Crippen molar-refractivity contribution in [2.75, 3.05) is 20.3 Å². The van der Waals surface area contributed by atoms with Gasteiger partial charge in [-0.05, 0) is 25.0 Å². The average molecular weight is 464 g/mol. The Hall–Kier alpha value is -3.05. The molecule has 3 aromatic rings. The summed E-state index contributed by atoms with van der Waals surface area (Å²) >= 11 is 0. The van der Waals surface area contributed by atoms with E-state index in [0.717, 1.165) is 25.2 Å². The summed E-state index contributed by atoms with van der Waals surface area (Å²) in [5, 5.41) is 0.140. The summed E-state index contributed by atoms with van der Waals surface area (Å²) in [4.78, 5) is 14.5. The van der Waals surface area contributed by atoms with Crippen LogP contribution in [0.25, 0.3) is 11.0 Å². The Bertz CT molecular complexity index is 1210. The molecule has 0 spiro atoms. The first kappa shape index (κ1) is 21.8. The van der Waals surface area contributed by atoms with Crippen molar-refractivity contribution < 1.29 is 31.8 Å². The zero-order valence-electron chi connectivity index (χ0n) is 17.5. The van der Waals surface area contributed by atoms with Crippen LogP contribution in [-0.2, 0) is 15.7 Å². The Morgan fingerprint density at radius 2 is 2.09 bits per heavy atom. The van der Waals surface area contributed by atoms with Gasteiger partial charge < -0.3 is 19.2 Å². The van der Waals surface area contributed by atoms with Gasteiger partial charge in [0.2, 0.25) is 0 Å². The first-order valence-electron chi connectivity index (χ1n) is 10.3. The van der Waals surface area contributed by atoms with E-state index >= 15 is 0 Å². The van der Waals surface area contributed by atoms with Gasteiger partial charge in [-0.2, -0.15) is 13.2 Å². The lowest BCUT2D eigenvalue weighted by atomic mass is 9.91. The molecule has 2 unspecified atom stereocenters. The number of rotatable bonds is 6. The molecule has 0 radical (unpaired) electrons. The molecule has 0 saturated heterocycles. The van der Waals surface area contributed by atoms with Crippen molar-refractivity contribution >= 4 is 23.1 Å². The van der Waals surface area contributed by atoms with Crippen molar-refractivity contribution in [3.63, 3.8) is 0 Å². The monoisotopic (exact) mass is 464 g/mol. The molecular weight excluding hydrogens is 444 g/mol. The highest BCUT2D eigenvalue weighted by Crippen LogP contribution is 2.41. The largest absolute Gasteiger partial charge is 0.490 e. The molecule has 1 aliphatic carbocycles. The van der Waals surface area contributed by atoms with E-state index in [-0.39, 0.29) is 29.1 Å². The molecule has 1 aliphatic heterocycles. The standard InChI is InChI=1S/C22H20F4N4O3/c1-31-21(4-5-21)10-33-17-9-32-16-6-12(23)2-3-13(16)15(17)8-27-19-14-7-18(22(24,25)26)30-20(14)29-11-28-19/h2-3,6-8,11,15,17H,4-5,9-10H2,1H3,(H,28,29,30). The number of hydrogen-bond acceptors (Lipinski definition) is 6. The number of H-pyrrole nitrogens is 1. The fraction of sp³-hybridized carbons (Fsp3) is 0.409. The maximum atomic E-state index is 13.7. The quantitative estimate of drug-likeness (QED) is 0.427.